The van der Waals surface area contributed by atoms with Crippen LogP contribution in [0.4, 0.5) is 0 Å². The number of hydrogen-bond acceptors (Lipinski definition) is 12. The van der Waals surface area contributed by atoms with E-state index in [1.807, 2.05) is 0 Å². The Hall–Kier alpha value is -2.73. The van der Waals surface area contributed by atoms with Gasteiger partial charge in [-0.15, -0.1) is 0 Å². The minimum Gasteiger partial charge on any atom is -0.455 e. The Morgan fingerprint density at radius 3 is 1.26 bits per heavy atom. The van der Waals surface area contributed by atoms with Crippen molar-refractivity contribution in [1.82, 2.24) is 0 Å². The minimum absolute atomic E-state index is 0.0517. The highest BCUT2D eigenvalue weighted by molar-refractivity contribution is 5.70. The lowest BCUT2D eigenvalue weighted by molar-refractivity contribution is -0.287. The molecule has 1 aliphatic carbocycles. The molecule has 0 aliphatic heterocycles. The first-order chi connectivity index (χ1) is 14.3. The average molecular weight is 448 g/mol. The second-order valence-corrected chi connectivity index (χ2v) is 7.10. The number of carbonyl (C=O) groups excluding carboxylic acids is 5. The molecule has 0 bridgehead atoms. The summed E-state index contributed by atoms with van der Waals surface area (Å²) in [5.41, 5.74) is -2.28. The van der Waals surface area contributed by atoms with Crippen LogP contribution in [0.3, 0.4) is 0 Å². The molecule has 1 rings (SSSR count). The number of ether oxygens (including phenoxy) is 5. The van der Waals surface area contributed by atoms with Crippen LogP contribution in [0.25, 0.3) is 0 Å². The summed E-state index contributed by atoms with van der Waals surface area (Å²) >= 11 is 0. The normalized spacial score (nSPS) is 30.0. The van der Waals surface area contributed by atoms with E-state index in [0.29, 0.717) is 0 Å². The number of aliphatic hydroxyl groups excluding tert-OH is 1. The maximum absolute atomic E-state index is 11.8. The zero-order valence-electron chi connectivity index (χ0n) is 18.0. The van der Waals surface area contributed by atoms with Gasteiger partial charge in [0.15, 0.2) is 30.5 Å². The molecule has 0 aromatic rings. The van der Waals surface area contributed by atoms with E-state index in [9.17, 15) is 34.2 Å². The van der Waals surface area contributed by atoms with Gasteiger partial charge in [0.25, 0.3) is 0 Å². The molecule has 4 unspecified atom stereocenters. The van der Waals surface area contributed by atoms with Gasteiger partial charge in [-0.1, -0.05) is 0 Å². The topological polar surface area (TPSA) is 172 Å². The van der Waals surface area contributed by atoms with Crippen LogP contribution in [0.5, 0.6) is 0 Å². The predicted octanol–water partition coefficient (Wildman–Crippen LogP) is -0.838. The molecule has 0 heterocycles. The second kappa shape index (κ2) is 11.0. The van der Waals surface area contributed by atoms with E-state index in [-0.39, 0.29) is 12.8 Å². The maximum Gasteiger partial charge on any atom is 0.303 e. The molecule has 0 spiro atoms. The molecule has 12 heteroatoms. The summed E-state index contributed by atoms with van der Waals surface area (Å²) in [5.74, 6) is -4.41. The molecule has 4 atom stereocenters. The third kappa shape index (κ3) is 6.89. The Kier molecular flexibility index (Phi) is 9.38. The maximum atomic E-state index is 11.8. The van der Waals surface area contributed by atoms with Crippen LogP contribution in [-0.2, 0) is 47.7 Å². The Labute approximate surface area is 178 Å². The highest BCUT2D eigenvalue weighted by atomic mass is 16.7. The first kappa shape index (κ1) is 26.3. The van der Waals surface area contributed by atoms with E-state index >= 15 is 0 Å². The van der Waals surface area contributed by atoms with Crippen molar-refractivity contribution < 1.29 is 57.9 Å². The van der Waals surface area contributed by atoms with Gasteiger partial charge in [-0.3, -0.25) is 24.0 Å². The molecule has 0 aromatic heterocycles. The van der Waals surface area contributed by atoms with Gasteiger partial charge in [0, 0.05) is 41.2 Å². The molecular weight excluding hydrogens is 420 g/mol. The van der Waals surface area contributed by atoms with E-state index in [1.165, 1.54) is 0 Å². The lowest BCUT2D eigenvalue weighted by Gasteiger charge is -2.52. The zero-order chi connectivity index (χ0) is 23.9. The van der Waals surface area contributed by atoms with Crippen LogP contribution >= 0.6 is 0 Å². The molecule has 1 aliphatic rings. The molecule has 0 saturated heterocycles. The third-order valence-electron chi connectivity index (χ3n) is 4.46. The van der Waals surface area contributed by atoms with Crippen molar-refractivity contribution in [3.05, 3.63) is 0 Å². The SMILES string of the molecule is CC(=O)OC1C(OC(C)=O)[C@](O)(CCCO)C(OC(C)=O)C(OC(C)=O)[C@H]1OC(C)=O. The largest absolute Gasteiger partial charge is 0.455 e. The molecule has 0 aromatic carbocycles. The minimum atomic E-state index is -2.28. The number of hydrogen-bond donors (Lipinski definition) is 2. The Balaban J connectivity index is 3.75. The molecule has 1 saturated carbocycles. The summed E-state index contributed by atoms with van der Waals surface area (Å²) < 4.78 is 26.1. The van der Waals surface area contributed by atoms with Gasteiger partial charge in [-0.25, -0.2) is 0 Å². The average Bonchev–Trinajstić information content (AvgIpc) is 2.61. The first-order valence-electron chi connectivity index (χ1n) is 9.52. The Bertz CT molecular complexity index is 658. The summed E-state index contributed by atoms with van der Waals surface area (Å²) in [4.78, 5) is 58.9. The second-order valence-electron chi connectivity index (χ2n) is 7.10. The highest BCUT2D eigenvalue weighted by Gasteiger charge is 2.66. The van der Waals surface area contributed by atoms with Gasteiger partial charge < -0.3 is 33.9 Å². The quantitative estimate of drug-likeness (QED) is 0.349. The van der Waals surface area contributed by atoms with Crippen LogP contribution in [0, 0.1) is 0 Å². The third-order valence-corrected chi connectivity index (χ3v) is 4.46. The molecule has 2 N–H and O–H groups in total. The van der Waals surface area contributed by atoms with Crippen LogP contribution in [0.15, 0.2) is 0 Å². The summed E-state index contributed by atoms with van der Waals surface area (Å²) in [5, 5.41) is 20.8. The van der Waals surface area contributed by atoms with Crippen molar-refractivity contribution in [2.75, 3.05) is 6.61 Å². The van der Waals surface area contributed by atoms with Gasteiger partial charge in [0.05, 0.1) is 0 Å². The van der Waals surface area contributed by atoms with Gasteiger partial charge >= 0.3 is 29.8 Å². The van der Waals surface area contributed by atoms with Gasteiger partial charge in [-0.2, -0.15) is 0 Å². The monoisotopic (exact) mass is 448 g/mol. The Morgan fingerprint density at radius 1 is 0.645 bits per heavy atom. The van der Waals surface area contributed by atoms with Crippen LogP contribution < -0.4 is 0 Å². The van der Waals surface area contributed by atoms with Gasteiger partial charge in [0.2, 0.25) is 0 Å². The fourth-order valence-electron chi connectivity index (χ4n) is 3.57. The van der Waals surface area contributed by atoms with Crippen molar-refractivity contribution in [3.8, 4) is 0 Å². The predicted molar refractivity (Wildman–Crippen MR) is 99.0 cm³/mol. The molecule has 12 nitrogen and oxygen atoms in total. The standard InChI is InChI=1S/C19H28O12/c1-9(21)27-14-15(28-10(2)22)17(30-12(4)24)19(26,7-6-8-20)18(31-13(5)25)16(14)29-11(3)23/h14-18,20,26H,6-8H2,1-5H3/t14-,15?,16?,17?,18?,19+. The summed E-state index contributed by atoms with van der Waals surface area (Å²) in [6.07, 6.45) is -8.59. The van der Waals surface area contributed by atoms with E-state index in [1.54, 1.807) is 0 Å². The number of aliphatic hydroxyl groups is 2. The van der Waals surface area contributed by atoms with Gasteiger partial charge in [-0.05, 0) is 12.8 Å². The van der Waals surface area contributed by atoms with Crippen LogP contribution in [0.1, 0.15) is 47.5 Å². The van der Waals surface area contributed by atoms with E-state index in [0.717, 1.165) is 34.6 Å². The fourth-order valence-corrected chi connectivity index (χ4v) is 3.57. The molecule has 1 fully saturated rings. The molecular formula is C19H28O12. The van der Waals surface area contributed by atoms with E-state index in [2.05, 4.69) is 0 Å². The summed E-state index contributed by atoms with van der Waals surface area (Å²) in [7, 11) is 0. The molecule has 31 heavy (non-hydrogen) atoms. The van der Waals surface area contributed by atoms with Gasteiger partial charge in [0.1, 0.15) is 5.60 Å². The number of rotatable bonds is 8. The fraction of sp³-hybridized carbons (Fsp3) is 0.737. The molecule has 176 valence electrons. The number of carbonyl (C=O) groups is 5. The molecule has 0 amide bonds. The van der Waals surface area contributed by atoms with Crippen molar-refractivity contribution in [3.63, 3.8) is 0 Å². The highest BCUT2D eigenvalue weighted by Crippen LogP contribution is 2.41. The van der Waals surface area contributed by atoms with E-state index in [4.69, 9.17) is 23.7 Å². The smallest absolute Gasteiger partial charge is 0.303 e. The lowest BCUT2D eigenvalue weighted by atomic mass is 9.71. The van der Waals surface area contributed by atoms with Crippen molar-refractivity contribution in [2.24, 2.45) is 0 Å². The molecule has 0 radical (unpaired) electrons. The zero-order valence-corrected chi connectivity index (χ0v) is 18.0. The van der Waals surface area contributed by atoms with Crippen molar-refractivity contribution in [2.45, 2.75) is 83.6 Å². The van der Waals surface area contributed by atoms with Crippen LogP contribution in [0.2, 0.25) is 0 Å². The summed E-state index contributed by atoms with van der Waals surface area (Å²) in [6.45, 7) is 4.74. The summed E-state index contributed by atoms with van der Waals surface area (Å²) in [6, 6.07) is 0. The first-order valence-corrected chi connectivity index (χ1v) is 9.52. The van der Waals surface area contributed by atoms with Crippen LogP contribution in [-0.4, -0.2) is 82.8 Å². The van der Waals surface area contributed by atoms with Crippen molar-refractivity contribution in [1.29, 1.82) is 0 Å². The Morgan fingerprint density at radius 2 is 0.968 bits per heavy atom. The lowest BCUT2D eigenvalue weighted by Crippen LogP contribution is -2.74. The number of esters is 5. The van der Waals surface area contributed by atoms with E-state index < -0.39 is 72.6 Å². The van der Waals surface area contributed by atoms with Crippen molar-refractivity contribution >= 4 is 29.8 Å².